The number of hydrogen-bond acceptors (Lipinski definition) is 4. The van der Waals surface area contributed by atoms with Crippen LogP contribution in [0.15, 0.2) is 54.6 Å². The molecule has 0 amide bonds. The fourth-order valence-electron chi connectivity index (χ4n) is 3.52. The lowest BCUT2D eigenvalue weighted by Crippen LogP contribution is -2.47. The molecule has 5 nitrogen and oxygen atoms in total. The van der Waals surface area contributed by atoms with E-state index >= 15 is 0 Å². The molecule has 3 aromatic rings. The van der Waals surface area contributed by atoms with Gasteiger partial charge in [-0.2, -0.15) is 0 Å². The number of rotatable bonds is 6. The molecule has 0 spiro atoms. The Bertz CT molecular complexity index is 838. The molecule has 2 aromatic carbocycles. The van der Waals surface area contributed by atoms with Crippen LogP contribution in [-0.2, 0) is 13.6 Å². The standard InChI is InChI=1S/C21H26N4O/c1-23-20-10-6-5-9-19(20)22-21(23)17-25-13-11-24(12-14-25)15-16-26-18-7-3-2-4-8-18/h2-10H,11-17H2,1H3. The van der Waals surface area contributed by atoms with Crippen LogP contribution in [0.2, 0.25) is 0 Å². The number of nitrogens with zero attached hydrogens (tertiary/aromatic N) is 4. The second kappa shape index (κ2) is 7.89. The van der Waals surface area contributed by atoms with Gasteiger partial charge in [-0.05, 0) is 24.3 Å². The summed E-state index contributed by atoms with van der Waals surface area (Å²) in [6, 6.07) is 18.4. The minimum Gasteiger partial charge on any atom is -0.492 e. The van der Waals surface area contributed by atoms with E-state index in [1.54, 1.807) is 0 Å². The zero-order valence-corrected chi connectivity index (χ0v) is 15.3. The molecule has 0 unspecified atom stereocenters. The second-order valence-corrected chi connectivity index (χ2v) is 6.86. The van der Waals surface area contributed by atoms with Crippen molar-refractivity contribution >= 4 is 11.0 Å². The summed E-state index contributed by atoms with van der Waals surface area (Å²) in [7, 11) is 2.11. The van der Waals surface area contributed by atoms with Crippen LogP contribution in [0.5, 0.6) is 5.75 Å². The lowest BCUT2D eigenvalue weighted by atomic mass is 10.3. The second-order valence-electron chi connectivity index (χ2n) is 6.86. The molecular formula is C21H26N4O. The van der Waals surface area contributed by atoms with Crippen LogP contribution in [-0.4, -0.2) is 58.7 Å². The van der Waals surface area contributed by atoms with Gasteiger partial charge in [-0.25, -0.2) is 4.98 Å². The molecule has 1 aliphatic rings. The number of imidazole rings is 1. The SMILES string of the molecule is Cn1c(CN2CCN(CCOc3ccccc3)CC2)nc2ccccc21. The summed E-state index contributed by atoms with van der Waals surface area (Å²) in [6.45, 7) is 6.97. The van der Waals surface area contributed by atoms with E-state index in [1.807, 2.05) is 30.3 Å². The number of aromatic nitrogens is 2. The topological polar surface area (TPSA) is 33.5 Å². The highest BCUT2D eigenvalue weighted by Gasteiger charge is 2.19. The zero-order valence-electron chi connectivity index (χ0n) is 15.3. The summed E-state index contributed by atoms with van der Waals surface area (Å²) < 4.78 is 8.03. The highest BCUT2D eigenvalue weighted by Crippen LogP contribution is 2.16. The molecule has 1 fully saturated rings. The molecule has 1 aliphatic heterocycles. The Morgan fingerprint density at radius 1 is 0.885 bits per heavy atom. The van der Waals surface area contributed by atoms with E-state index in [1.165, 1.54) is 5.52 Å². The predicted octanol–water partition coefficient (Wildman–Crippen LogP) is 2.77. The molecule has 136 valence electrons. The molecule has 2 heterocycles. The molecule has 0 atom stereocenters. The number of para-hydroxylation sites is 3. The number of hydrogen-bond donors (Lipinski definition) is 0. The van der Waals surface area contributed by atoms with Gasteiger partial charge in [0.25, 0.3) is 0 Å². The van der Waals surface area contributed by atoms with E-state index in [9.17, 15) is 0 Å². The van der Waals surface area contributed by atoms with Gasteiger partial charge >= 0.3 is 0 Å². The van der Waals surface area contributed by atoms with E-state index < -0.39 is 0 Å². The molecule has 26 heavy (non-hydrogen) atoms. The average molecular weight is 350 g/mol. The third kappa shape index (κ3) is 3.89. The fraction of sp³-hybridized carbons (Fsp3) is 0.381. The maximum atomic E-state index is 5.81. The first kappa shape index (κ1) is 17.1. The average Bonchev–Trinajstić information content (AvgIpc) is 3.00. The van der Waals surface area contributed by atoms with E-state index in [-0.39, 0.29) is 0 Å². The summed E-state index contributed by atoms with van der Waals surface area (Å²) in [4.78, 5) is 9.77. The first-order chi connectivity index (χ1) is 12.8. The van der Waals surface area contributed by atoms with Gasteiger partial charge in [0, 0.05) is 39.8 Å². The van der Waals surface area contributed by atoms with Gasteiger partial charge in [0.1, 0.15) is 18.2 Å². The van der Waals surface area contributed by atoms with Gasteiger partial charge < -0.3 is 9.30 Å². The summed E-state index contributed by atoms with van der Waals surface area (Å²) in [5.74, 6) is 2.10. The van der Waals surface area contributed by atoms with E-state index in [0.717, 1.165) is 63.0 Å². The largest absolute Gasteiger partial charge is 0.492 e. The third-order valence-electron chi connectivity index (χ3n) is 5.13. The van der Waals surface area contributed by atoms with Crippen LogP contribution in [0.1, 0.15) is 5.82 Å². The molecule has 0 radical (unpaired) electrons. The number of fused-ring (bicyclic) bond motifs is 1. The number of ether oxygens (including phenoxy) is 1. The summed E-state index contributed by atoms with van der Waals surface area (Å²) in [5, 5.41) is 0. The summed E-state index contributed by atoms with van der Waals surface area (Å²) >= 11 is 0. The number of piperazine rings is 1. The van der Waals surface area contributed by atoms with Gasteiger partial charge in [-0.1, -0.05) is 30.3 Å². The van der Waals surface area contributed by atoms with Gasteiger partial charge in [0.15, 0.2) is 0 Å². The van der Waals surface area contributed by atoms with Crippen LogP contribution >= 0.6 is 0 Å². The van der Waals surface area contributed by atoms with Crippen molar-refractivity contribution < 1.29 is 4.74 Å². The van der Waals surface area contributed by atoms with Crippen LogP contribution < -0.4 is 4.74 Å². The Balaban J connectivity index is 1.25. The van der Waals surface area contributed by atoms with Gasteiger partial charge in [-0.15, -0.1) is 0 Å². The molecule has 0 bridgehead atoms. The molecule has 0 N–H and O–H groups in total. The Hall–Kier alpha value is -2.37. The molecule has 0 aliphatic carbocycles. The van der Waals surface area contributed by atoms with Crippen LogP contribution in [0.4, 0.5) is 0 Å². The normalized spacial score (nSPS) is 16.2. The predicted molar refractivity (Wildman–Crippen MR) is 104 cm³/mol. The molecule has 5 heteroatoms. The van der Waals surface area contributed by atoms with E-state index in [4.69, 9.17) is 9.72 Å². The maximum absolute atomic E-state index is 5.81. The summed E-state index contributed by atoms with van der Waals surface area (Å²) in [6.07, 6.45) is 0. The van der Waals surface area contributed by atoms with Gasteiger partial charge in [-0.3, -0.25) is 9.80 Å². The first-order valence-electron chi connectivity index (χ1n) is 9.32. The number of aryl methyl sites for hydroxylation is 1. The smallest absolute Gasteiger partial charge is 0.123 e. The van der Waals surface area contributed by atoms with Crippen molar-refractivity contribution in [1.29, 1.82) is 0 Å². The van der Waals surface area contributed by atoms with Gasteiger partial charge in [0.05, 0.1) is 17.6 Å². The highest BCUT2D eigenvalue weighted by molar-refractivity contribution is 5.75. The zero-order chi connectivity index (χ0) is 17.8. The van der Waals surface area contributed by atoms with E-state index in [0.29, 0.717) is 0 Å². The molecule has 0 saturated carbocycles. The Morgan fingerprint density at radius 2 is 1.58 bits per heavy atom. The Kier molecular flexibility index (Phi) is 5.18. The van der Waals surface area contributed by atoms with Crippen LogP contribution in [0.25, 0.3) is 11.0 Å². The molecule has 1 saturated heterocycles. The molecule has 1 aromatic heterocycles. The van der Waals surface area contributed by atoms with E-state index in [2.05, 4.69) is 45.7 Å². The van der Waals surface area contributed by atoms with Crippen molar-refractivity contribution in [3.8, 4) is 5.75 Å². The van der Waals surface area contributed by atoms with Crippen LogP contribution in [0.3, 0.4) is 0 Å². The molecular weight excluding hydrogens is 324 g/mol. The highest BCUT2D eigenvalue weighted by atomic mass is 16.5. The fourth-order valence-corrected chi connectivity index (χ4v) is 3.52. The lowest BCUT2D eigenvalue weighted by Gasteiger charge is -2.34. The quantitative estimate of drug-likeness (QED) is 0.685. The number of benzene rings is 2. The van der Waals surface area contributed by atoms with Crippen molar-refractivity contribution in [3.05, 3.63) is 60.4 Å². The third-order valence-corrected chi connectivity index (χ3v) is 5.13. The maximum Gasteiger partial charge on any atom is 0.123 e. The minimum atomic E-state index is 0.745. The first-order valence-corrected chi connectivity index (χ1v) is 9.32. The van der Waals surface area contributed by atoms with Crippen molar-refractivity contribution in [1.82, 2.24) is 19.4 Å². The van der Waals surface area contributed by atoms with Crippen molar-refractivity contribution in [3.63, 3.8) is 0 Å². The van der Waals surface area contributed by atoms with Gasteiger partial charge in [0.2, 0.25) is 0 Å². The van der Waals surface area contributed by atoms with Crippen LogP contribution in [0, 0.1) is 0 Å². The Labute approximate surface area is 154 Å². The van der Waals surface area contributed by atoms with Crippen molar-refractivity contribution in [2.24, 2.45) is 7.05 Å². The minimum absolute atomic E-state index is 0.745. The molecule has 4 rings (SSSR count). The summed E-state index contributed by atoms with van der Waals surface area (Å²) in [5.41, 5.74) is 2.29. The van der Waals surface area contributed by atoms with Crippen molar-refractivity contribution in [2.45, 2.75) is 6.54 Å². The van der Waals surface area contributed by atoms with Crippen molar-refractivity contribution in [2.75, 3.05) is 39.3 Å². The monoisotopic (exact) mass is 350 g/mol. The lowest BCUT2D eigenvalue weighted by molar-refractivity contribution is 0.110. The Morgan fingerprint density at radius 3 is 2.35 bits per heavy atom.